The average molecular weight is 758 g/mol. The van der Waals surface area contributed by atoms with E-state index in [1.807, 2.05) is 36.4 Å². The molecule has 5 rings (SSSR count). The zero-order chi connectivity index (χ0) is 39.4. The number of quaternary nitrogens is 1. The molecule has 10 nitrogen and oxygen atoms in total. The molecule has 0 unspecified atom stereocenters. The van der Waals surface area contributed by atoms with Gasteiger partial charge in [0.2, 0.25) is 0 Å². The molecule has 2 fully saturated rings. The van der Waals surface area contributed by atoms with Gasteiger partial charge >= 0.3 is 18.3 Å². The van der Waals surface area contributed by atoms with Crippen LogP contribution in [0.25, 0.3) is 11.1 Å². The van der Waals surface area contributed by atoms with Crippen molar-refractivity contribution in [1.29, 1.82) is 0 Å². The van der Waals surface area contributed by atoms with Crippen molar-refractivity contribution in [2.45, 2.75) is 32.0 Å². The van der Waals surface area contributed by atoms with Gasteiger partial charge in [0.1, 0.15) is 11.8 Å². The molecular formula is C36H42F7N5O5. The Bertz CT molecular complexity index is 1660. The molecule has 2 heterocycles. The second-order valence-electron chi connectivity index (χ2n) is 13.2. The second-order valence-corrected chi connectivity index (χ2v) is 13.2. The van der Waals surface area contributed by atoms with Gasteiger partial charge in [0, 0.05) is 70.0 Å². The number of piperazine rings is 2. The topological polar surface area (TPSA) is 125 Å². The zero-order valence-electron chi connectivity index (χ0n) is 29.2. The van der Waals surface area contributed by atoms with Gasteiger partial charge in [-0.1, -0.05) is 36.4 Å². The van der Waals surface area contributed by atoms with Crippen molar-refractivity contribution in [2.24, 2.45) is 0 Å². The normalized spacial score (nSPS) is 16.3. The minimum absolute atomic E-state index is 0.114. The van der Waals surface area contributed by atoms with Gasteiger partial charge in [-0.2, -0.15) is 26.3 Å². The summed E-state index contributed by atoms with van der Waals surface area (Å²) in [6.07, 6.45) is -10.3. The largest absolute Gasteiger partial charge is 0.542 e. The number of benzene rings is 3. The van der Waals surface area contributed by atoms with Crippen LogP contribution in [0.3, 0.4) is 0 Å². The van der Waals surface area contributed by atoms with Gasteiger partial charge in [-0.15, -0.1) is 0 Å². The standard InChI is InChI=1S/C32H40FN5O.2C2HF3O2/c1-38(2)17-15-37(16-18-38)24-27-6-4-8-29(20-27)32(39)35-22-25-9-10-31(33)30(21-25)28-7-3-5-26(19-28)23-36-13-11-34-12-14-36;2*3-2(4,5)1(6)7/h3-10,19-21,34H,11-18,22-24H2,1-2H3;2*(H,6,7). The molecule has 2 saturated heterocycles. The van der Waals surface area contributed by atoms with Crippen LogP contribution in [0.15, 0.2) is 66.7 Å². The summed E-state index contributed by atoms with van der Waals surface area (Å²) in [4.78, 5) is 35.5. The van der Waals surface area contributed by atoms with Gasteiger partial charge in [-0.05, 0) is 52.6 Å². The molecule has 290 valence electrons. The minimum Gasteiger partial charge on any atom is -0.542 e. The van der Waals surface area contributed by atoms with E-state index >= 15 is 0 Å². The number of carboxylic acids is 2. The number of hydrogen-bond acceptors (Lipinski definition) is 7. The highest BCUT2D eigenvalue weighted by Crippen LogP contribution is 2.26. The molecule has 0 saturated carbocycles. The van der Waals surface area contributed by atoms with Crippen LogP contribution in [-0.4, -0.2) is 116 Å². The number of nitrogens with one attached hydrogen (secondary N) is 2. The third kappa shape index (κ3) is 14.8. The monoisotopic (exact) mass is 757 g/mol. The van der Waals surface area contributed by atoms with Crippen molar-refractivity contribution in [3.05, 3.63) is 94.8 Å². The number of aliphatic carboxylic acids is 2. The quantitative estimate of drug-likeness (QED) is 0.235. The first-order valence-electron chi connectivity index (χ1n) is 16.5. The Morgan fingerprint density at radius 2 is 1.32 bits per heavy atom. The number of amides is 1. The van der Waals surface area contributed by atoms with Crippen molar-refractivity contribution in [1.82, 2.24) is 20.4 Å². The smallest absolute Gasteiger partial charge is 0.490 e. The molecule has 0 spiro atoms. The Morgan fingerprint density at radius 3 is 1.87 bits per heavy atom. The summed E-state index contributed by atoms with van der Waals surface area (Å²) in [7, 11) is 4.55. The van der Waals surface area contributed by atoms with E-state index in [-0.39, 0.29) is 11.7 Å². The van der Waals surface area contributed by atoms with Crippen LogP contribution in [0.1, 0.15) is 27.0 Å². The Labute approximate surface area is 302 Å². The first kappa shape index (κ1) is 42.8. The summed E-state index contributed by atoms with van der Waals surface area (Å²) >= 11 is 0. The fourth-order valence-electron chi connectivity index (χ4n) is 5.43. The van der Waals surface area contributed by atoms with Gasteiger partial charge in [0.15, 0.2) is 0 Å². The molecule has 1 amide bonds. The van der Waals surface area contributed by atoms with E-state index in [1.54, 1.807) is 6.07 Å². The number of hydrogen-bond donors (Lipinski definition) is 3. The first-order chi connectivity index (χ1) is 24.7. The van der Waals surface area contributed by atoms with E-state index in [0.29, 0.717) is 17.7 Å². The van der Waals surface area contributed by atoms with Gasteiger partial charge in [0.25, 0.3) is 5.91 Å². The fraction of sp³-hybridized carbons (Fsp3) is 0.417. The predicted molar refractivity (Wildman–Crippen MR) is 179 cm³/mol. The number of carbonyl (C=O) groups excluding carboxylic acids is 2. The molecule has 53 heavy (non-hydrogen) atoms. The molecule has 3 aromatic carbocycles. The van der Waals surface area contributed by atoms with E-state index in [4.69, 9.17) is 19.8 Å². The lowest BCUT2D eigenvalue weighted by Gasteiger charge is -2.39. The number of alkyl halides is 6. The Hall–Kier alpha value is -4.58. The molecule has 3 N–H and O–H groups in total. The lowest BCUT2D eigenvalue weighted by molar-refractivity contribution is -0.894. The minimum atomic E-state index is -5.19. The average Bonchev–Trinajstić information content (AvgIpc) is 3.09. The Morgan fingerprint density at radius 1 is 0.792 bits per heavy atom. The van der Waals surface area contributed by atoms with Gasteiger partial charge in [-0.25, -0.2) is 9.18 Å². The molecule has 0 bridgehead atoms. The molecule has 2 aliphatic rings. The first-order valence-corrected chi connectivity index (χ1v) is 16.5. The van der Waals surface area contributed by atoms with Crippen LogP contribution in [0, 0.1) is 5.82 Å². The number of likely N-dealkylation sites (N-methyl/N-ethyl adjacent to an activating group) is 1. The Balaban J connectivity index is 0.000000458. The van der Waals surface area contributed by atoms with Crippen LogP contribution < -0.4 is 15.7 Å². The van der Waals surface area contributed by atoms with Crippen LogP contribution in [-0.2, 0) is 29.2 Å². The second kappa shape index (κ2) is 19.0. The summed E-state index contributed by atoms with van der Waals surface area (Å²) in [5.41, 5.74) is 5.29. The molecular weight excluding hydrogens is 715 g/mol. The van der Waals surface area contributed by atoms with E-state index < -0.39 is 24.3 Å². The van der Waals surface area contributed by atoms with Gasteiger partial charge in [-0.3, -0.25) is 14.6 Å². The maximum Gasteiger partial charge on any atom is 0.490 e. The zero-order valence-corrected chi connectivity index (χ0v) is 29.2. The van der Waals surface area contributed by atoms with Crippen molar-refractivity contribution in [2.75, 3.05) is 66.5 Å². The fourth-order valence-corrected chi connectivity index (χ4v) is 5.43. The van der Waals surface area contributed by atoms with E-state index in [1.165, 1.54) is 11.6 Å². The maximum absolute atomic E-state index is 14.9. The lowest BCUT2D eigenvalue weighted by atomic mass is 10.00. The third-order valence-corrected chi connectivity index (χ3v) is 8.45. The molecule has 3 aromatic rings. The van der Waals surface area contributed by atoms with Crippen LogP contribution in [0.5, 0.6) is 0 Å². The van der Waals surface area contributed by atoms with E-state index in [9.17, 15) is 35.5 Å². The highest BCUT2D eigenvalue weighted by Gasteiger charge is 2.38. The summed E-state index contributed by atoms with van der Waals surface area (Å²) in [5, 5.41) is 22.3. The number of halogens is 7. The molecule has 2 aliphatic heterocycles. The molecule has 17 heteroatoms. The molecule has 0 aromatic heterocycles. The highest BCUT2D eigenvalue weighted by atomic mass is 19.4. The maximum atomic E-state index is 14.9. The van der Waals surface area contributed by atoms with Crippen molar-refractivity contribution in [3.8, 4) is 11.1 Å². The van der Waals surface area contributed by atoms with E-state index in [0.717, 1.165) is 86.6 Å². The van der Waals surface area contributed by atoms with Crippen LogP contribution in [0.2, 0.25) is 0 Å². The Kier molecular flexibility index (Phi) is 15.3. The summed E-state index contributed by atoms with van der Waals surface area (Å²) in [5.74, 6) is -6.13. The molecule has 0 aliphatic carbocycles. The number of carboxylic acid groups (broad SMARTS) is 2. The number of carbonyl (C=O) groups is 3. The van der Waals surface area contributed by atoms with Crippen molar-refractivity contribution < 1.29 is 59.8 Å². The van der Waals surface area contributed by atoms with Crippen molar-refractivity contribution >= 4 is 17.8 Å². The summed E-state index contributed by atoms with van der Waals surface area (Å²) in [6, 6.07) is 21.1. The predicted octanol–water partition coefficient (Wildman–Crippen LogP) is 3.65. The number of rotatable bonds is 8. The third-order valence-electron chi connectivity index (χ3n) is 8.45. The molecule has 0 atom stereocenters. The van der Waals surface area contributed by atoms with Gasteiger partial charge < -0.3 is 30.1 Å². The SMILES string of the molecule is C[N+]1(C)CCN(Cc2cccc(C(=O)NCc3ccc(F)c(-c4cccc(CN5CCNCC5)c4)c3)c2)CC1.O=C(O)C(F)(F)F.O=C([O-])C(F)(F)F. The summed E-state index contributed by atoms with van der Waals surface area (Å²) < 4.78 is 79.2. The van der Waals surface area contributed by atoms with Crippen LogP contribution in [0.4, 0.5) is 30.7 Å². The van der Waals surface area contributed by atoms with Crippen molar-refractivity contribution in [3.63, 3.8) is 0 Å². The molecule has 0 radical (unpaired) electrons. The van der Waals surface area contributed by atoms with Gasteiger partial charge in [0.05, 0.1) is 27.2 Å². The van der Waals surface area contributed by atoms with Crippen LogP contribution >= 0.6 is 0 Å². The summed E-state index contributed by atoms with van der Waals surface area (Å²) in [6.45, 7) is 10.5. The highest BCUT2D eigenvalue weighted by molar-refractivity contribution is 5.94. The van der Waals surface area contributed by atoms with E-state index in [2.05, 4.69) is 52.7 Å². The lowest BCUT2D eigenvalue weighted by Crippen LogP contribution is -2.54. The number of nitrogens with zero attached hydrogens (tertiary/aromatic N) is 3.